The van der Waals surface area contributed by atoms with Crippen LogP contribution in [0.15, 0.2) is 30.5 Å². The molecule has 29 heavy (non-hydrogen) atoms. The number of pyridine rings is 1. The minimum atomic E-state index is -2.86. The number of hydrogen-bond donors (Lipinski definition) is 2. The highest BCUT2D eigenvalue weighted by molar-refractivity contribution is 5.92. The van der Waals surface area contributed by atoms with E-state index in [-0.39, 0.29) is 12.1 Å². The van der Waals surface area contributed by atoms with E-state index in [0.717, 1.165) is 43.3 Å². The van der Waals surface area contributed by atoms with Crippen LogP contribution < -0.4 is 15.5 Å². The van der Waals surface area contributed by atoms with Crippen LogP contribution in [-0.4, -0.2) is 41.4 Å². The fraction of sp³-hybridized carbons (Fsp3) is 0.350. The minimum Gasteiger partial charge on any atom is -0.368 e. The van der Waals surface area contributed by atoms with Gasteiger partial charge in [-0.25, -0.2) is 13.2 Å². The first-order chi connectivity index (χ1) is 14.0. The van der Waals surface area contributed by atoms with E-state index in [1.807, 2.05) is 19.2 Å². The van der Waals surface area contributed by atoms with E-state index >= 15 is 0 Å². The van der Waals surface area contributed by atoms with Crippen molar-refractivity contribution >= 4 is 22.4 Å². The molecule has 6 nitrogen and oxygen atoms in total. The number of hydrogen-bond acceptors (Lipinski definition) is 6. The van der Waals surface area contributed by atoms with E-state index in [1.165, 1.54) is 12.1 Å². The number of piperazine rings is 1. The second-order valence-electron chi connectivity index (χ2n) is 6.94. The number of aryl methyl sites for hydroxylation is 1. The van der Waals surface area contributed by atoms with Gasteiger partial charge in [-0.1, -0.05) is 18.2 Å². The first-order valence-corrected chi connectivity index (χ1v) is 9.42. The molecule has 3 aromatic rings. The Morgan fingerprint density at radius 2 is 2.00 bits per heavy atom. The van der Waals surface area contributed by atoms with Gasteiger partial charge < -0.3 is 15.5 Å². The van der Waals surface area contributed by atoms with Gasteiger partial charge >= 0.3 is 0 Å². The molecule has 0 atom stereocenters. The maximum Gasteiger partial charge on any atom is 0.266 e. The Balaban J connectivity index is 1.65. The Bertz CT molecular complexity index is 1020. The molecule has 1 aromatic carbocycles. The molecule has 0 unspecified atom stereocenters. The zero-order valence-corrected chi connectivity index (χ0v) is 15.9. The van der Waals surface area contributed by atoms with Gasteiger partial charge in [0, 0.05) is 43.7 Å². The summed E-state index contributed by atoms with van der Waals surface area (Å²) < 4.78 is 40.2. The number of nitrogens with zero attached hydrogens (tertiary/aromatic N) is 4. The van der Waals surface area contributed by atoms with Crippen molar-refractivity contribution in [2.24, 2.45) is 0 Å². The lowest BCUT2D eigenvalue weighted by Crippen LogP contribution is -2.43. The summed E-state index contributed by atoms with van der Waals surface area (Å²) >= 11 is 0. The van der Waals surface area contributed by atoms with E-state index in [4.69, 9.17) is 0 Å². The molecular formula is C20H21F3N6. The Morgan fingerprint density at radius 1 is 1.21 bits per heavy atom. The summed E-state index contributed by atoms with van der Waals surface area (Å²) in [5.41, 5.74) is 1.89. The molecule has 2 N–H and O–H groups in total. The van der Waals surface area contributed by atoms with Crippen molar-refractivity contribution in [3.8, 4) is 0 Å². The molecule has 1 fully saturated rings. The minimum absolute atomic E-state index is 0.0110. The van der Waals surface area contributed by atoms with E-state index in [2.05, 4.69) is 30.7 Å². The molecule has 0 saturated carbocycles. The van der Waals surface area contributed by atoms with Crippen molar-refractivity contribution in [1.29, 1.82) is 0 Å². The van der Waals surface area contributed by atoms with E-state index in [1.54, 1.807) is 0 Å². The lowest BCUT2D eigenvalue weighted by molar-refractivity contribution is 0.146. The molecule has 0 amide bonds. The molecular weight excluding hydrogens is 381 g/mol. The number of fused-ring (bicyclic) bond motifs is 1. The van der Waals surface area contributed by atoms with Gasteiger partial charge in [-0.15, -0.1) is 5.10 Å². The van der Waals surface area contributed by atoms with Crippen LogP contribution in [-0.2, 0) is 6.54 Å². The molecule has 0 spiro atoms. The van der Waals surface area contributed by atoms with Crippen LogP contribution in [0.5, 0.6) is 0 Å². The van der Waals surface area contributed by atoms with Gasteiger partial charge in [0.25, 0.3) is 6.43 Å². The van der Waals surface area contributed by atoms with Gasteiger partial charge in [-0.3, -0.25) is 4.98 Å². The number of alkyl halides is 2. The Morgan fingerprint density at radius 3 is 2.76 bits per heavy atom. The van der Waals surface area contributed by atoms with Gasteiger partial charge in [0.05, 0.1) is 28.7 Å². The number of aromatic nitrogens is 3. The number of nitrogens with one attached hydrogen (secondary N) is 2. The number of anilines is 2. The summed E-state index contributed by atoms with van der Waals surface area (Å²) in [5.74, 6) is -0.462. The predicted molar refractivity (Wildman–Crippen MR) is 106 cm³/mol. The largest absolute Gasteiger partial charge is 0.368 e. The first kappa shape index (κ1) is 19.4. The summed E-state index contributed by atoms with van der Waals surface area (Å²) in [4.78, 5) is 6.78. The van der Waals surface area contributed by atoms with Crippen LogP contribution in [0.4, 0.5) is 24.7 Å². The molecule has 0 aliphatic carbocycles. The summed E-state index contributed by atoms with van der Waals surface area (Å²) in [7, 11) is 0. The maximum atomic E-state index is 14.3. The fourth-order valence-electron chi connectivity index (χ4n) is 3.46. The van der Waals surface area contributed by atoms with Crippen LogP contribution in [0, 0.1) is 12.7 Å². The SMILES string of the molecule is Cc1nnc(NCc2cccc(C(F)F)c2F)c2cc(N3CCNCC3)cnc12. The molecule has 1 aliphatic rings. The van der Waals surface area contributed by atoms with E-state index < -0.39 is 17.8 Å². The van der Waals surface area contributed by atoms with Crippen molar-refractivity contribution in [1.82, 2.24) is 20.5 Å². The van der Waals surface area contributed by atoms with Gasteiger partial charge in [-0.05, 0) is 13.0 Å². The lowest BCUT2D eigenvalue weighted by Gasteiger charge is -2.29. The van der Waals surface area contributed by atoms with Crippen LogP contribution in [0.1, 0.15) is 23.2 Å². The molecule has 2 aromatic heterocycles. The third kappa shape index (κ3) is 3.95. The van der Waals surface area contributed by atoms with Crippen molar-refractivity contribution in [3.63, 3.8) is 0 Å². The summed E-state index contributed by atoms with van der Waals surface area (Å²) in [6.07, 6.45) is -1.04. The molecule has 1 aliphatic heterocycles. The van der Waals surface area contributed by atoms with Crippen molar-refractivity contribution < 1.29 is 13.2 Å². The fourth-order valence-corrected chi connectivity index (χ4v) is 3.46. The Labute approximate surface area is 166 Å². The average Bonchev–Trinajstić information content (AvgIpc) is 2.74. The molecule has 0 radical (unpaired) electrons. The molecule has 4 rings (SSSR count). The predicted octanol–water partition coefficient (Wildman–Crippen LogP) is 3.43. The quantitative estimate of drug-likeness (QED) is 0.682. The zero-order chi connectivity index (χ0) is 20.4. The number of halogens is 3. The van der Waals surface area contributed by atoms with Crippen LogP contribution in [0.2, 0.25) is 0 Å². The smallest absolute Gasteiger partial charge is 0.266 e. The standard InChI is InChI=1S/C20H21F3N6/c1-12-18-16(9-14(11-25-18)29-7-5-24-6-8-29)20(28-27-12)26-10-13-3-2-4-15(17(13)21)19(22)23/h2-4,9,11,19,24H,5-8,10H2,1H3,(H,26,28). The second kappa shape index (κ2) is 8.20. The van der Waals surface area contributed by atoms with Crippen LogP contribution in [0.25, 0.3) is 10.9 Å². The number of benzene rings is 1. The summed E-state index contributed by atoms with van der Waals surface area (Å²) in [6.45, 7) is 5.38. The molecule has 152 valence electrons. The van der Waals surface area contributed by atoms with Gasteiger partial charge in [0.15, 0.2) is 5.82 Å². The highest BCUT2D eigenvalue weighted by Gasteiger charge is 2.17. The van der Waals surface area contributed by atoms with Crippen LogP contribution >= 0.6 is 0 Å². The maximum absolute atomic E-state index is 14.3. The number of rotatable bonds is 5. The van der Waals surface area contributed by atoms with Crippen LogP contribution in [0.3, 0.4) is 0 Å². The highest BCUT2D eigenvalue weighted by atomic mass is 19.3. The van der Waals surface area contributed by atoms with Gasteiger partial charge in [-0.2, -0.15) is 5.10 Å². The van der Waals surface area contributed by atoms with Gasteiger partial charge in [0.2, 0.25) is 0 Å². The van der Waals surface area contributed by atoms with Crippen molar-refractivity contribution in [2.75, 3.05) is 36.4 Å². The zero-order valence-electron chi connectivity index (χ0n) is 15.9. The average molecular weight is 402 g/mol. The highest BCUT2D eigenvalue weighted by Crippen LogP contribution is 2.28. The van der Waals surface area contributed by atoms with Gasteiger partial charge in [0.1, 0.15) is 5.82 Å². The molecule has 0 bridgehead atoms. The lowest BCUT2D eigenvalue weighted by atomic mass is 10.1. The van der Waals surface area contributed by atoms with E-state index in [9.17, 15) is 13.2 Å². The monoisotopic (exact) mass is 402 g/mol. The second-order valence-corrected chi connectivity index (χ2v) is 6.94. The third-order valence-electron chi connectivity index (χ3n) is 5.04. The Kier molecular flexibility index (Phi) is 5.48. The molecule has 9 heteroatoms. The molecule has 3 heterocycles. The topological polar surface area (TPSA) is 66.0 Å². The summed E-state index contributed by atoms with van der Waals surface area (Å²) in [5, 5.41) is 15.4. The Hall–Kier alpha value is -2.94. The normalized spacial score (nSPS) is 14.6. The van der Waals surface area contributed by atoms with E-state index in [0.29, 0.717) is 17.0 Å². The van der Waals surface area contributed by atoms with Crippen molar-refractivity contribution in [3.05, 3.63) is 53.1 Å². The molecule has 1 saturated heterocycles. The third-order valence-corrected chi connectivity index (χ3v) is 5.04. The van der Waals surface area contributed by atoms with Crippen molar-refractivity contribution in [2.45, 2.75) is 19.9 Å². The summed E-state index contributed by atoms with van der Waals surface area (Å²) in [6, 6.07) is 5.98. The first-order valence-electron chi connectivity index (χ1n) is 9.42.